The summed E-state index contributed by atoms with van der Waals surface area (Å²) < 4.78 is 0. The Labute approximate surface area is 110 Å². The number of aromatic hydroxyl groups is 1. The standard InChI is InChI=1S/C14H14N4O/c1-9-5-6-14(19)13(17-9)8-15-11-3-2-4-12-10(11)7-16-18-12/h2-7,15,19H,8H2,1H3,(H,16,18). The Morgan fingerprint density at radius 2 is 2.16 bits per heavy atom. The van der Waals surface area contributed by atoms with Crippen LogP contribution in [0.15, 0.2) is 36.5 Å². The zero-order valence-corrected chi connectivity index (χ0v) is 10.5. The summed E-state index contributed by atoms with van der Waals surface area (Å²) in [6.45, 7) is 2.37. The second-order valence-electron chi connectivity index (χ2n) is 4.41. The van der Waals surface area contributed by atoms with Crippen LogP contribution < -0.4 is 5.32 Å². The molecule has 0 fully saturated rings. The Kier molecular flexibility index (Phi) is 2.79. The summed E-state index contributed by atoms with van der Waals surface area (Å²) in [4.78, 5) is 4.32. The summed E-state index contributed by atoms with van der Waals surface area (Å²) in [5, 5.41) is 21.0. The minimum absolute atomic E-state index is 0.206. The number of hydrogen-bond donors (Lipinski definition) is 3. The lowest BCUT2D eigenvalue weighted by Crippen LogP contribution is -2.03. The number of nitrogens with one attached hydrogen (secondary N) is 2. The summed E-state index contributed by atoms with van der Waals surface area (Å²) in [6.07, 6.45) is 1.78. The molecule has 0 atom stereocenters. The van der Waals surface area contributed by atoms with Gasteiger partial charge in [0.2, 0.25) is 0 Å². The number of benzene rings is 1. The van der Waals surface area contributed by atoms with Crippen LogP contribution in [0.25, 0.3) is 10.9 Å². The second kappa shape index (κ2) is 4.61. The maximum atomic E-state index is 9.77. The third kappa shape index (κ3) is 2.22. The Morgan fingerprint density at radius 1 is 1.26 bits per heavy atom. The van der Waals surface area contributed by atoms with Gasteiger partial charge in [-0.3, -0.25) is 10.1 Å². The minimum Gasteiger partial charge on any atom is -0.506 e. The van der Waals surface area contributed by atoms with Crippen LogP contribution in [0.1, 0.15) is 11.4 Å². The molecule has 5 heteroatoms. The maximum absolute atomic E-state index is 9.77. The Balaban J connectivity index is 1.86. The number of aromatic nitrogens is 3. The molecule has 3 N–H and O–H groups in total. The molecule has 0 spiro atoms. The number of H-pyrrole nitrogens is 1. The second-order valence-corrected chi connectivity index (χ2v) is 4.41. The van der Waals surface area contributed by atoms with Gasteiger partial charge < -0.3 is 10.4 Å². The van der Waals surface area contributed by atoms with Gasteiger partial charge in [-0.2, -0.15) is 5.10 Å². The number of pyridine rings is 1. The van der Waals surface area contributed by atoms with Crippen LogP contribution in [0.2, 0.25) is 0 Å². The number of nitrogens with zero attached hydrogens (tertiary/aromatic N) is 2. The van der Waals surface area contributed by atoms with Crippen molar-refractivity contribution in [2.75, 3.05) is 5.32 Å². The highest BCUT2D eigenvalue weighted by molar-refractivity contribution is 5.90. The van der Waals surface area contributed by atoms with E-state index in [2.05, 4.69) is 20.5 Å². The van der Waals surface area contributed by atoms with E-state index in [1.165, 1.54) is 0 Å². The molecule has 2 heterocycles. The number of aromatic amines is 1. The molecule has 0 aliphatic carbocycles. The van der Waals surface area contributed by atoms with Gasteiger partial charge in [-0.25, -0.2) is 0 Å². The van der Waals surface area contributed by atoms with Crippen LogP contribution in [0.4, 0.5) is 5.69 Å². The van der Waals surface area contributed by atoms with Gasteiger partial charge in [0, 0.05) is 16.8 Å². The quantitative estimate of drug-likeness (QED) is 0.671. The SMILES string of the molecule is Cc1ccc(O)c(CNc2cccc3[nH]ncc23)n1. The number of hydrogen-bond acceptors (Lipinski definition) is 4. The highest BCUT2D eigenvalue weighted by atomic mass is 16.3. The molecule has 0 aliphatic heterocycles. The van der Waals surface area contributed by atoms with Crippen LogP contribution in [-0.4, -0.2) is 20.3 Å². The predicted octanol–water partition coefficient (Wildman–Crippen LogP) is 2.58. The van der Waals surface area contributed by atoms with Crippen molar-refractivity contribution in [3.8, 4) is 5.75 Å². The molecule has 0 unspecified atom stereocenters. The van der Waals surface area contributed by atoms with E-state index in [-0.39, 0.29) is 5.75 Å². The normalized spacial score (nSPS) is 10.8. The Morgan fingerprint density at radius 3 is 3.05 bits per heavy atom. The smallest absolute Gasteiger partial charge is 0.138 e. The van der Waals surface area contributed by atoms with Crippen molar-refractivity contribution in [3.63, 3.8) is 0 Å². The minimum atomic E-state index is 0.206. The van der Waals surface area contributed by atoms with Crippen molar-refractivity contribution < 1.29 is 5.11 Å². The fourth-order valence-corrected chi connectivity index (χ4v) is 2.03. The molecule has 96 valence electrons. The lowest BCUT2D eigenvalue weighted by molar-refractivity contribution is 0.464. The molecule has 3 rings (SSSR count). The number of aryl methyl sites for hydroxylation is 1. The van der Waals surface area contributed by atoms with E-state index in [9.17, 15) is 5.11 Å². The van der Waals surface area contributed by atoms with Crippen molar-refractivity contribution in [3.05, 3.63) is 47.9 Å². The first-order valence-corrected chi connectivity index (χ1v) is 6.05. The van der Waals surface area contributed by atoms with Crippen molar-refractivity contribution in [2.45, 2.75) is 13.5 Å². The third-order valence-electron chi connectivity index (χ3n) is 3.02. The zero-order valence-electron chi connectivity index (χ0n) is 10.5. The van der Waals surface area contributed by atoms with Gasteiger partial charge in [0.15, 0.2) is 0 Å². The lowest BCUT2D eigenvalue weighted by Gasteiger charge is -2.09. The van der Waals surface area contributed by atoms with Gasteiger partial charge >= 0.3 is 0 Å². The monoisotopic (exact) mass is 254 g/mol. The molecule has 0 saturated heterocycles. The number of rotatable bonds is 3. The average Bonchev–Trinajstić information content (AvgIpc) is 2.88. The maximum Gasteiger partial charge on any atom is 0.138 e. The molecular weight excluding hydrogens is 240 g/mol. The van der Waals surface area contributed by atoms with E-state index in [1.807, 2.05) is 25.1 Å². The first-order chi connectivity index (χ1) is 9.24. The molecule has 19 heavy (non-hydrogen) atoms. The van der Waals surface area contributed by atoms with E-state index in [1.54, 1.807) is 18.3 Å². The van der Waals surface area contributed by atoms with Crippen molar-refractivity contribution in [1.29, 1.82) is 0 Å². The van der Waals surface area contributed by atoms with E-state index in [0.717, 1.165) is 22.3 Å². The molecule has 0 amide bonds. The third-order valence-corrected chi connectivity index (χ3v) is 3.02. The number of fused-ring (bicyclic) bond motifs is 1. The van der Waals surface area contributed by atoms with Crippen molar-refractivity contribution >= 4 is 16.6 Å². The summed E-state index contributed by atoms with van der Waals surface area (Å²) >= 11 is 0. The van der Waals surface area contributed by atoms with E-state index < -0.39 is 0 Å². The molecule has 1 aromatic carbocycles. The fourth-order valence-electron chi connectivity index (χ4n) is 2.03. The van der Waals surface area contributed by atoms with Gasteiger partial charge in [0.1, 0.15) is 11.4 Å². The largest absolute Gasteiger partial charge is 0.506 e. The van der Waals surface area contributed by atoms with Crippen LogP contribution in [0.5, 0.6) is 5.75 Å². The topological polar surface area (TPSA) is 73.8 Å². The Bertz CT molecular complexity index is 720. The van der Waals surface area contributed by atoms with Crippen molar-refractivity contribution in [1.82, 2.24) is 15.2 Å². The molecule has 5 nitrogen and oxygen atoms in total. The van der Waals surface area contributed by atoms with Crippen molar-refractivity contribution in [2.24, 2.45) is 0 Å². The van der Waals surface area contributed by atoms with Crippen LogP contribution in [-0.2, 0) is 6.54 Å². The van der Waals surface area contributed by atoms with Crippen LogP contribution >= 0.6 is 0 Å². The average molecular weight is 254 g/mol. The lowest BCUT2D eigenvalue weighted by atomic mass is 10.2. The molecule has 0 aliphatic rings. The summed E-state index contributed by atoms with van der Waals surface area (Å²) in [5.74, 6) is 0.206. The summed E-state index contributed by atoms with van der Waals surface area (Å²) in [5.41, 5.74) is 3.47. The Hall–Kier alpha value is -2.56. The molecule has 2 aromatic heterocycles. The summed E-state index contributed by atoms with van der Waals surface area (Å²) in [6, 6.07) is 9.35. The molecule has 3 aromatic rings. The van der Waals surface area contributed by atoms with Gasteiger partial charge in [0.05, 0.1) is 18.3 Å². The van der Waals surface area contributed by atoms with E-state index >= 15 is 0 Å². The highest BCUT2D eigenvalue weighted by Crippen LogP contribution is 2.23. The van der Waals surface area contributed by atoms with Gasteiger partial charge in [0.25, 0.3) is 0 Å². The highest BCUT2D eigenvalue weighted by Gasteiger charge is 2.05. The molecule has 0 radical (unpaired) electrons. The van der Waals surface area contributed by atoms with Gasteiger partial charge in [-0.1, -0.05) is 6.07 Å². The van der Waals surface area contributed by atoms with E-state index in [0.29, 0.717) is 12.2 Å². The number of anilines is 1. The zero-order chi connectivity index (χ0) is 13.2. The van der Waals surface area contributed by atoms with Crippen LogP contribution in [0, 0.1) is 6.92 Å². The first kappa shape index (κ1) is 11.5. The van der Waals surface area contributed by atoms with Gasteiger partial charge in [-0.15, -0.1) is 0 Å². The summed E-state index contributed by atoms with van der Waals surface area (Å²) in [7, 11) is 0. The fraction of sp³-hybridized carbons (Fsp3) is 0.143. The van der Waals surface area contributed by atoms with Crippen LogP contribution in [0.3, 0.4) is 0 Å². The molecule has 0 saturated carbocycles. The van der Waals surface area contributed by atoms with Gasteiger partial charge in [-0.05, 0) is 31.2 Å². The predicted molar refractivity (Wildman–Crippen MR) is 74.1 cm³/mol. The molecular formula is C14H14N4O. The van der Waals surface area contributed by atoms with E-state index in [4.69, 9.17) is 0 Å². The first-order valence-electron chi connectivity index (χ1n) is 6.05. The molecule has 0 bridgehead atoms.